The second-order valence-electron chi connectivity index (χ2n) is 20.0. The molecule has 0 bridgehead atoms. The minimum Gasteiger partial charge on any atom is -0.310 e. The monoisotopic (exact) mass is 918 g/mol. The van der Waals surface area contributed by atoms with E-state index in [0.29, 0.717) is 0 Å². The van der Waals surface area contributed by atoms with Crippen LogP contribution in [0.1, 0.15) is 47.2 Å². The third-order valence-electron chi connectivity index (χ3n) is 15.9. The van der Waals surface area contributed by atoms with Gasteiger partial charge >= 0.3 is 0 Å². The first-order chi connectivity index (χ1) is 35.5. The van der Waals surface area contributed by atoms with Crippen molar-refractivity contribution in [2.75, 3.05) is 9.80 Å². The normalized spacial score (nSPS) is 15.0. The SMILES string of the molecule is CC1(C)c2ccccc2-c2ccc(N(c3cccc(-c4ccccc4)c3)c3cccc4c3-c3ccccc3C43c4ccccc4-c4ccc(N(c5ccccc5)c5ccccc5-c5ccccc5)cc43)cc21. The van der Waals surface area contributed by atoms with Crippen LogP contribution in [0, 0.1) is 0 Å². The summed E-state index contributed by atoms with van der Waals surface area (Å²) in [5, 5.41) is 0. The van der Waals surface area contributed by atoms with Gasteiger partial charge in [0.05, 0.1) is 16.8 Å². The van der Waals surface area contributed by atoms with Gasteiger partial charge in [-0.15, -0.1) is 0 Å². The van der Waals surface area contributed by atoms with E-state index in [2.05, 4.69) is 291 Å². The summed E-state index contributed by atoms with van der Waals surface area (Å²) < 4.78 is 0. The lowest BCUT2D eigenvalue weighted by molar-refractivity contribution is 0.660. The number of nitrogens with zero attached hydrogens (tertiary/aromatic N) is 2. The molecule has 3 aliphatic carbocycles. The molecular formula is C70H50N2. The molecule has 0 N–H and O–H groups in total. The Kier molecular flexibility index (Phi) is 9.50. The third-order valence-corrected chi connectivity index (χ3v) is 15.9. The maximum Gasteiger partial charge on any atom is 0.0727 e. The Labute approximate surface area is 422 Å². The van der Waals surface area contributed by atoms with Gasteiger partial charge in [0.25, 0.3) is 0 Å². The van der Waals surface area contributed by atoms with Crippen molar-refractivity contribution in [2.24, 2.45) is 0 Å². The summed E-state index contributed by atoms with van der Waals surface area (Å²) in [7, 11) is 0. The molecule has 0 saturated heterocycles. The fourth-order valence-electron chi connectivity index (χ4n) is 12.7. The summed E-state index contributed by atoms with van der Waals surface area (Å²) in [4.78, 5) is 4.99. The first kappa shape index (κ1) is 41.9. The lowest BCUT2D eigenvalue weighted by atomic mass is 9.70. The molecule has 2 heteroatoms. The molecule has 3 aliphatic rings. The Morgan fingerprint density at radius 3 is 1.39 bits per heavy atom. The van der Waals surface area contributed by atoms with Crippen molar-refractivity contribution in [1.82, 2.24) is 0 Å². The number of hydrogen-bond donors (Lipinski definition) is 0. The van der Waals surface area contributed by atoms with Crippen LogP contribution in [0.2, 0.25) is 0 Å². The molecule has 1 unspecified atom stereocenters. The van der Waals surface area contributed by atoms with Gasteiger partial charge in [-0.2, -0.15) is 0 Å². The molecule has 1 atom stereocenters. The average molecular weight is 919 g/mol. The van der Waals surface area contributed by atoms with Gasteiger partial charge in [-0.05, 0) is 139 Å². The molecule has 0 aromatic heterocycles. The van der Waals surface area contributed by atoms with Crippen LogP contribution in [0.15, 0.2) is 267 Å². The highest BCUT2D eigenvalue weighted by molar-refractivity contribution is 6.02. The zero-order chi connectivity index (χ0) is 48.0. The van der Waals surface area contributed by atoms with Crippen LogP contribution in [-0.2, 0) is 10.8 Å². The molecule has 0 saturated carbocycles. The Bertz CT molecular complexity index is 3910. The van der Waals surface area contributed by atoms with E-state index >= 15 is 0 Å². The van der Waals surface area contributed by atoms with Crippen molar-refractivity contribution in [1.29, 1.82) is 0 Å². The first-order valence-electron chi connectivity index (χ1n) is 25.2. The van der Waals surface area contributed by atoms with Gasteiger partial charge in [-0.3, -0.25) is 0 Å². The van der Waals surface area contributed by atoms with E-state index in [4.69, 9.17) is 0 Å². The standard InChI is InChI=1S/C70H50N2/c1-69(2)60-34-16-12-31-55(60)57-42-40-52(45-64(57)69)72(51-29-20-26-49(44-51)47-22-6-3-7-23-47)67-39-21-37-63-68(67)59-33-14-18-36-62(59)70(63)61-35-17-13-32-56(61)58-43-41-53(46-65(58)70)71(50-27-10-5-11-28-50)66-38-19-15-30-54(66)48-24-8-4-9-25-48/h3-46H,1-2H3. The van der Waals surface area contributed by atoms with E-state index in [0.717, 1.165) is 34.1 Å². The fraction of sp³-hybridized carbons (Fsp3) is 0.0571. The van der Waals surface area contributed by atoms with Gasteiger partial charge in [0.1, 0.15) is 0 Å². The molecule has 0 heterocycles. The molecular weight excluding hydrogens is 869 g/mol. The van der Waals surface area contributed by atoms with Gasteiger partial charge in [0.2, 0.25) is 0 Å². The molecule has 0 radical (unpaired) electrons. The van der Waals surface area contributed by atoms with Crippen LogP contribution >= 0.6 is 0 Å². The van der Waals surface area contributed by atoms with Crippen molar-refractivity contribution < 1.29 is 0 Å². The summed E-state index contributed by atoms with van der Waals surface area (Å²) in [5.74, 6) is 0. The van der Waals surface area contributed by atoms with Crippen molar-refractivity contribution >= 4 is 34.1 Å². The van der Waals surface area contributed by atoms with Gasteiger partial charge in [0, 0.05) is 39.3 Å². The lowest BCUT2D eigenvalue weighted by Crippen LogP contribution is -2.26. The zero-order valence-corrected chi connectivity index (χ0v) is 40.3. The van der Waals surface area contributed by atoms with Gasteiger partial charge < -0.3 is 9.80 Å². The highest BCUT2D eigenvalue weighted by Gasteiger charge is 2.53. The second kappa shape index (κ2) is 16.3. The molecule has 2 nitrogen and oxygen atoms in total. The van der Waals surface area contributed by atoms with Crippen molar-refractivity contribution in [3.05, 3.63) is 300 Å². The van der Waals surface area contributed by atoms with Crippen molar-refractivity contribution in [3.8, 4) is 55.6 Å². The molecule has 0 fully saturated rings. The van der Waals surface area contributed by atoms with E-state index in [9.17, 15) is 0 Å². The molecule has 14 rings (SSSR count). The summed E-state index contributed by atoms with van der Waals surface area (Å²) >= 11 is 0. The van der Waals surface area contributed by atoms with Crippen LogP contribution in [0.5, 0.6) is 0 Å². The minimum atomic E-state index is -0.607. The van der Waals surface area contributed by atoms with Gasteiger partial charge in [0.15, 0.2) is 0 Å². The quantitative estimate of drug-likeness (QED) is 0.150. The van der Waals surface area contributed by atoms with Crippen LogP contribution in [0.25, 0.3) is 55.6 Å². The van der Waals surface area contributed by atoms with E-state index in [1.807, 2.05) is 0 Å². The third kappa shape index (κ3) is 6.15. The summed E-state index contributed by atoms with van der Waals surface area (Å²) in [5.41, 5.74) is 26.3. The van der Waals surface area contributed by atoms with E-state index < -0.39 is 5.41 Å². The van der Waals surface area contributed by atoms with Crippen LogP contribution in [0.4, 0.5) is 34.1 Å². The summed E-state index contributed by atoms with van der Waals surface area (Å²) in [6.07, 6.45) is 0. The topological polar surface area (TPSA) is 6.48 Å². The number of para-hydroxylation sites is 2. The summed E-state index contributed by atoms with van der Waals surface area (Å²) in [6, 6.07) is 99.1. The first-order valence-corrected chi connectivity index (χ1v) is 25.2. The van der Waals surface area contributed by atoms with E-state index in [1.54, 1.807) is 0 Å². The minimum absolute atomic E-state index is 0.168. The number of hydrogen-bond acceptors (Lipinski definition) is 2. The number of fused-ring (bicyclic) bond motifs is 13. The molecule has 11 aromatic rings. The molecule has 72 heavy (non-hydrogen) atoms. The van der Waals surface area contributed by atoms with Crippen LogP contribution in [0.3, 0.4) is 0 Å². The largest absolute Gasteiger partial charge is 0.310 e. The lowest BCUT2D eigenvalue weighted by Gasteiger charge is -2.33. The Balaban J connectivity index is 1.02. The Morgan fingerprint density at radius 2 is 0.681 bits per heavy atom. The van der Waals surface area contributed by atoms with E-state index in [1.165, 1.54) is 89.0 Å². The highest BCUT2D eigenvalue weighted by atomic mass is 15.2. The van der Waals surface area contributed by atoms with Crippen LogP contribution < -0.4 is 9.80 Å². The van der Waals surface area contributed by atoms with E-state index in [-0.39, 0.29) is 5.41 Å². The number of benzene rings is 11. The molecule has 0 amide bonds. The van der Waals surface area contributed by atoms with Gasteiger partial charge in [-0.1, -0.05) is 220 Å². The average Bonchev–Trinajstić information content (AvgIpc) is 4.00. The molecule has 340 valence electrons. The highest BCUT2D eigenvalue weighted by Crippen LogP contribution is 2.65. The van der Waals surface area contributed by atoms with Crippen LogP contribution in [-0.4, -0.2) is 0 Å². The van der Waals surface area contributed by atoms with Crippen molar-refractivity contribution in [3.63, 3.8) is 0 Å². The number of anilines is 6. The maximum atomic E-state index is 2.54. The zero-order valence-electron chi connectivity index (χ0n) is 40.3. The summed E-state index contributed by atoms with van der Waals surface area (Å²) in [6.45, 7) is 4.76. The Morgan fingerprint density at radius 1 is 0.250 bits per heavy atom. The predicted molar refractivity (Wildman–Crippen MR) is 301 cm³/mol. The molecule has 11 aromatic carbocycles. The molecule has 0 aliphatic heterocycles. The smallest absolute Gasteiger partial charge is 0.0727 e. The predicted octanol–water partition coefficient (Wildman–Crippen LogP) is 18.6. The second-order valence-corrected chi connectivity index (χ2v) is 20.0. The molecule has 1 spiro atoms. The Hall–Kier alpha value is -8.98. The number of rotatable bonds is 8. The van der Waals surface area contributed by atoms with Crippen molar-refractivity contribution in [2.45, 2.75) is 24.7 Å². The van der Waals surface area contributed by atoms with Gasteiger partial charge in [-0.25, -0.2) is 0 Å². The maximum absolute atomic E-state index is 2.54. The fourth-order valence-corrected chi connectivity index (χ4v) is 12.7.